The Morgan fingerprint density at radius 3 is 2.37 bits per heavy atom. The van der Waals surface area contributed by atoms with Crippen LogP contribution in [0.15, 0.2) is 17.0 Å². The lowest BCUT2D eigenvalue weighted by Crippen LogP contribution is -2.30. The smallest absolute Gasteiger partial charge is 0.246 e. The van der Waals surface area contributed by atoms with Crippen molar-refractivity contribution in [1.29, 1.82) is 0 Å². The van der Waals surface area contributed by atoms with Crippen LogP contribution in [0.3, 0.4) is 0 Å². The molecule has 0 fully saturated rings. The normalized spacial score (nSPS) is 13.5. The van der Waals surface area contributed by atoms with E-state index in [0.717, 1.165) is 17.9 Å². The highest BCUT2D eigenvalue weighted by molar-refractivity contribution is 7.98. The Morgan fingerprint density at radius 2 is 1.89 bits per heavy atom. The lowest BCUT2D eigenvalue weighted by Gasteiger charge is -2.13. The van der Waals surface area contributed by atoms with Gasteiger partial charge in [0.05, 0.1) is 0 Å². The molecule has 0 aromatic heterocycles. The number of rotatable bonds is 6. The van der Waals surface area contributed by atoms with Gasteiger partial charge in [0, 0.05) is 12.2 Å². The van der Waals surface area contributed by atoms with Crippen molar-refractivity contribution < 1.29 is 17.2 Å². The van der Waals surface area contributed by atoms with E-state index in [-0.39, 0.29) is 18.2 Å². The van der Waals surface area contributed by atoms with E-state index in [2.05, 4.69) is 4.72 Å². The fourth-order valence-corrected chi connectivity index (χ4v) is 3.47. The predicted octanol–water partition coefficient (Wildman–Crippen LogP) is 1.82. The van der Waals surface area contributed by atoms with Gasteiger partial charge in [-0.15, -0.1) is 0 Å². The molecule has 1 aromatic rings. The number of benzene rings is 1. The first-order valence-electron chi connectivity index (χ1n) is 5.51. The van der Waals surface area contributed by atoms with Gasteiger partial charge < -0.3 is 5.73 Å². The van der Waals surface area contributed by atoms with Gasteiger partial charge >= 0.3 is 0 Å². The SMILES string of the molecule is CSCC(C)CNS(=O)(=O)c1c(F)cc(N)cc1F. The molecule has 0 saturated heterocycles. The molecule has 8 heteroatoms. The van der Waals surface area contributed by atoms with E-state index in [4.69, 9.17) is 5.73 Å². The molecule has 1 rings (SSSR count). The van der Waals surface area contributed by atoms with Gasteiger partial charge in [0.25, 0.3) is 0 Å². The second-order valence-electron chi connectivity index (χ2n) is 4.23. The topological polar surface area (TPSA) is 72.2 Å². The molecule has 0 aliphatic heterocycles. The fourth-order valence-electron chi connectivity index (χ4n) is 1.50. The molecule has 19 heavy (non-hydrogen) atoms. The summed E-state index contributed by atoms with van der Waals surface area (Å²) in [6, 6.07) is 1.56. The monoisotopic (exact) mass is 310 g/mol. The van der Waals surface area contributed by atoms with Gasteiger partial charge in [0.15, 0.2) is 4.90 Å². The molecule has 0 aliphatic carbocycles. The van der Waals surface area contributed by atoms with Crippen LogP contribution in [0.25, 0.3) is 0 Å². The van der Waals surface area contributed by atoms with E-state index in [9.17, 15) is 17.2 Å². The average Bonchev–Trinajstić information content (AvgIpc) is 2.25. The molecule has 0 saturated carbocycles. The Hall–Kier alpha value is -0.860. The lowest BCUT2D eigenvalue weighted by atomic mass is 10.2. The number of hydrogen-bond acceptors (Lipinski definition) is 4. The maximum atomic E-state index is 13.5. The van der Waals surface area contributed by atoms with Gasteiger partial charge in [0.1, 0.15) is 11.6 Å². The van der Waals surface area contributed by atoms with E-state index in [1.54, 1.807) is 11.8 Å². The highest BCUT2D eigenvalue weighted by atomic mass is 32.2. The van der Waals surface area contributed by atoms with Crippen molar-refractivity contribution in [1.82, 2.24) is 4.72 Å². The van der Waals surface area contributed by atoms with Gasteiger partial charge in [0.2, 0.25) is 10.0 Å². The van der Waals surface area contributed by atoms with Crippen molar-refractivity contribution in [3.63, 3.8) is 0 Å². The third-order valence-electron chi connectivity index (χ3n) is 2.36. The Labute approximate surface area is 115 Å². The molecule has 1 aromatic carbocycles. The zero-order valence-corrected chi connectivity index (χ0v) is 12.2. The van der Waals surface area contributed by atoms with E-state index in [1.165, 1.54) is 0 Å². The molecule has 108 valence electrons. The van der Waals surface area contributed by atoms with E-state index in [1.807, 2.05) is 13.2 Å². The molecule has 0 heterocycles. The molecule has 0 radical (unpaired) electrons. The highest BCUT2D eigenvalue weighted by Gasteiger charge is 2.24. The lowest BCUT2D eigenvalue weighted by molar-refractivity contribution is 0.510. The van der Waals surface area contributed by atoms with Crippen LogP contribution in [-0.4, -0.2) is 27.0 Å². The third-order valence-corrected chi connectivity index (χ3v) is 4.74. The summed E-state index contributed by atoms with van der Waals surface area (Å²) < 4.78 is 53.0. The van der Waals surface area contributed by atoms with E-state index >= 15 is 0 Å². The minimum absolute atomic E-state index is 0.0599. The first-order chi connectivity index (χ1) is 8.77. The second-order valence-corrected chi connectivity index (χ2v) is 6.84. The summed E-state index contributed by atoms with van der Waals surface area (Å²) in [6.07, 6.45) is 1.89. The average molecular weight is 310 g/mol. The molecule has 1 atom stereocenters. The third kappa shape index (κ3) is 4.32. The maximum Gasteiger partial charge on any atom is 0.246 e. The molecular formula is C11H16F2N2O2S2. The summed E-state index contributed by atoms with van der Waals surface area (Å²) in [5.41, 5.74) is 5.07. The molecule has 0 bridgehead atoms. The number of thioether (sulfide) groups is 1. The van der Waals surface area contributed by atoms with E-state index in [0.29, 0.717) is 0 Å². The largest absolute Gasteiger partial charge is 0.399 e. The minimum atomic E-state index is -4.22. The van der Waals surface area contributed by atoms with Crippen molar-refractivity contribution in [2.24, 2.45) is 5.92 Å². The van der Waals surface area contributed by atoms with Gasteiger partial charge in [-0.3, -0.25) is 0 Å². The molecule has 4 nitrogen and oxygen atoms in total. The van der Waals surface area contributed by atoms with Crippen LogP contribution in [0.5, 0.6) is 0 Å². The van der Waals surface area contributed by atoms with Crippen molar-refractivity contribution in [3.05, 3.63) is 23.8 Å². The molecule has 0 amide bonds. The maximum absolute atomic E-state index is 13.5. The molecule has 0 spiro atoms. The fraction of sp³-hybridized carbons (Fsp3) is 0.455. The number of halogens is 2. The van der Waals surface area contributed by atoms with Crippen molar-refractivity contribution in [3.8, 4) is 0 Å². The molecule has 1 unspecified atom stereocenters. The number of nitrogen functional groups attached to an aromatic ring is 1. The van der Waals surface area contributed by atoms with Crippen LogP contribution in [0.1, 0.15) is 6.92 Å². The number of nitrogens with one attached hydrogen (secondary N) is 1. The summed E-state index contributed by atoms with van der Waals surface area (Å²) in [7, 11) is -4.22. The van der Waals surface area contributed by atoms with E-state index < -0.39 is 26.6 Å². The molecule has 3 N–H and O–H groups in total. The van der Waals surface area contributed by atoms with Gasteiger partial charge in [-0.25, -0.2) is 21.9 Å². The predicted molar refractivity (Wildman–Crippen MR) is 73.5 cm³/mol. The minimum Gasteiger partial charge on any atom is -0.399 e. The van der Waals surface area contributed by atoms with Crippen LogP contribution in [-0.2, 0) is 10.0 Å². The Bertz CT molecular complexity index is 527. The quantitative estimate of drug-likeness (QED) is 0.786. The summed E-state index contributed by atoms with van der Waals surface area (Å²) in [4.78, 5) is -0.988. The number of sulfonamides is 1. The molecular weight excluding hydrogens is 294 g/mol. The Morgan fingerprint density at radius 1 is 1.37 bits per heavy atom. The Balaban J connectivity index is 2.95. The first-order valence-corrected chi connectivity index (χ1v) is 8.38. The van der Waals surface area contributed by atoms with Crippen LogP contribution in [0, 0.1) is 17.6 Å². The number of anilines is 1. The van der Waals surface area contributed by atoms with Crippen LogP contribution < -0.4 is 10.5 Å². The van der Waals surface area contributed by atoms with Crippen molar-refractivity contribution in [2.75, 3.05) is 24.3 Å². The second kappa shape index (κ2) is 6.53. The number of hydrogen-bond donors (Lipinski definition) is 2. The van der Waals surface area contributed by atoms with Gasteiger partial charge in [-0.05, 0) is 30.1 Å². The Kier molecular flexibility index (Phi) is 5.57. The van der Waals surface area contributed by atoms with Gasteiger partial charge in [-0.2, -0.15) is 11.8 Å². The number of nitrogens with two attached hydrogens (primary N) is 1. The molecule has 0 aliphatic rings. The summed E-state index contributed by atoms with van der Waals surface area (Å²) in [5, 5.41) is 0. The van der Waals surface area contributed by atoms with Crippen LogP contribution >= 0.6 is 11.8 Å². The highest BCUT2D eigenvalue weighted by Crippen LogP contribution is 2.21. The summed E-state index contributed by atoms with van der Waals surface area (Å²) in [6.45, 7) is 1.96. The van der Waals surface area contributed by atoms with Crippen LogP contribution in [0.4, 0.5) is 14.5 Å². The van der Waals surface area contributed by atoms with Crippen molar-refractivity contribution in [2.45, 2.75) is 11.8 Å². The van der Waals surface area contributed by atoms with Crippen LogP contribution in [0.2, 0.25) is 0 Å². The zero-order chi connectivity index (χ0) is 14.6. The van der Waals surface area contributed by atoms with Crippen molar-refractivity contribution >= 4 is 27.5 Å². The zero-order valence-electron chi connectivity index (χ0n) is 10.6. The summed E-state index contributed by atoms with van der Waals surface area (Å²) in [5.74, 6) is -1.58. The standard InChI is InChI=1S/C11H16F2N2O2S2/c1-7(6-18-2)5-15-19(16,17)11-9(12)3-8(14)4-10(11)13/h3-4,7,15H,5-6,14H2,1-2H3. The first kappa shape index (κ1) is 16.2. The van der Waals surface area contributed by atoms with Gasteiger partial charge in [-0.1, -0.05) is 6.92 Å². The summed E-state index contributed by atoms with van der Waals surface area (Å²) >= 11 is 1.56.